The normalized spacial score (nSPS) is 10.0. The Bertz CT molecular complexity index is 74.5. The van der Waals surface area contributed by atoms with E-state index in [-0.39, 0.29) is 11.7 Å². The van der Waals surface area contributed by atoms with Crippen molar-refractivity contribution in [3.63, 3.8) is 0 Å². The summed E-state index contributed by atoms with van der Waals surface area (Å²) in [6.45, 7) is 5.79. The number of rotatable bonds is 3. The fourth-order valence-electron chi connectivity index (χ4n) is 0.437. The summed E-state index contributed by atoms with van der Waals surface area (Å²) < 4.78 is 0. The molecule has 0 amide bonds. The van der Waals surface area contributed by atoms with Gasteiger partial charge in [0, 0.05) is 12.3 Å². The van der Waals surface area contributed by atoms with Crippen LogP contribution in [0.1, 0.15) is 27.2 Å². The lowest BCUT2D eigenvalue weighted by atomic mass is 10.1. The monoisotopic (exact) mass is 113 g/mol. The SMILES string of the molecule is CC[CH]C(=O)C(C)C. The van der Waals surface area contributed by atoms with Crippen molar-refractivity contribution in [2.24, 2.45) is 5.92 Å². The molecule has 0 spiro atoms. The van der Waals surface area contributed by atoms with Crippen molar-refractivity contribution in [1.29, 1.82) is 0 Å². The smallest absolute Gasteiger partial charge is 0.139 e. The molecular weight excluding hydrogens is 100 g/mol. The fourth-order valence-corrected chi connectivity index (χ4v) is 0.437. The van der Waals surface area contributed by atoms with Gasteiger partial charge in [0.05, 0.1) is 0 Å². The van der Waals surface area contributed by atoms with Crippen molar-refractivity contribution >= 4 is 5.78 Å². The molecule has 0 aromatic rings. The summed E-state index contributed by atoms with van der Waals surface area (Å²) in [5, 5.41) is 0. The van der Waals surface area contributed by atoms with Crippen molar-refractivity contribution in [1.82, 2.24) is 0 Å². The fraction of sp³-hybridized carbons (Fsp3) is 0.714. The van der Waals surface area contributed by atoms with E-state index in [0.717, 1.165) is 6.42 Å². The molecule has 0 atom stereocenters. The molecule has 0 saturated carbocycles. The highest BCUT2D eigenvalue weighted by Gasteiger charge is 2.03. The van der Waals surface area contributed by atoms with E-state index in [1.54, 1.807) is 6.42 Å². The second kappa shape index (κ2) is 3.65. The van der Waals surface area contributed by atoms with Crippen LogP contribution in [-0.2, 0) is 4.79 Å². The van der Waals surface area contributed by atoms with Gasteiger partial charge in [0.2, 0.25) is 0 Å². The Morgan fingerprint density at radius 1 is 1.62 bits per heavy atom. The average Bonchev–Trinajstić information content (AvgIpc) is 1.67. The summed E-state index contributed by atoms with van der Waals surface area (Å²) in [5.41, 5.74) is 0. The van der Waals surface area contributed by atoms with Gasteiger partial charge in [-0.2, -0.15) is 0 Å². The van der Waals surface area contributed by atoms with Crippen LogP contribution in [-0.4, -0.2) is 5.78 Å². The number of carbonyl (C=O) groups excluding carboxylic acids is 1. The maximum atomic E-state index is 10.7. The number of ketones is 1. The maximum absolute atomic E-state index is 10.7. The molecular formula is C7H13O. The molecule has 0 aromatic carbocycles. The highest BCUT2D eigenvalue weighted by molar-refractivity contribution is 5.88. The first-order chi connectivity index (χ1) is 3.68. The minimum atomic E-state index is 0.176. The Kier molecular flexibility index (Phi) is 3.49. The quantitative estimate of drug-likeness (QED) is 0.545. The van der Waals surface area contributed by atoms with Gasteiger partial charge >= 0.3 is 0 Å². The molecule has 0 aliphatic carbocycles. The van der Waals surface area contributed by atoms with E-state index in [4.69, 9.17) is 0 Å². The lowest BCUT2D eigenvalue weighted by molar-refractivity contribution is -0.118. The molecule has 1 nitrogen and oxygen atoms in total. The summed E-state index contributed by atoms with van der Waals surface area (Å²) in [5.74, 6) is 0.433. The van der Waals surface area contributed by atoms with Crippen LogP contribution in [0, 0.1) is 12.3 Å². The molecule has 1 radical (unpaired) electrons. The zero-order valence-corrected chi connectivity index (χ0v) is 5.77. The zero-order chi connectivity index (χ0) is 6.57. The van der Waals surface area contributed by atoms with E-state index in [9.17, 15) is 4.79 Å². The van der Waals surface area contributed by atoms with E-state index >= 15 is 0 Å². The predicted octanol–water partition coefficient (Wildman–Crippen LogP) is 1.83. The third-order valence-corrected chi connectivity index (χ3v) is 0.974. The van der Waals surface area contributed by atoms with Crippen molar-refractivity contribution in [3.8, 4) is 0 Å². The molecule has 0 bridgehead atoms. The van der Waals surface area contributed by atoms with E-state index < -0.39 is 0 Å². The Labute approximate surface area is 51.1 Å². The Morgan fingerprint density at radius 2 is 2.12 bits per heavy atom. The van der Waals surface area contributed by atoms with Gasteiger partial charge in [-0.1, -0.05) is 20.8 Å². The summed E-state index contributed by atoms with van der Waals surface area (Å²) >= 11 is 0. The molecule has 0 saturated heterocycles. The lowest BCUT2D eigenvalue weighted by Crippen LogP contribution is -2.05. The minimum absolute atomic E-state index is 0.176. The number of carbonyl (C=O) groups is 1. The van der Waals surface area contributed by atoms with Crippen LogP contribution in [0.2, 0.25) is 0 Å². The third-order valence-electron chi connectivity index (χ3n) is 0.974. The van der Waals surface area contributed by atoms with Crippen LogP contribution in [0.25, 0.3) is 0 Å². The van der Waals surface area contributed by atoms with Gasteiger partial charge in [-0.3, -0.25) is 4.79 Å². The van der Waals surface area contributed by atoms with Gasteiger partial charge in [0.1, 0.15) is 5.78 Å². The lowest BCUT2D eigenvalue weighted by Gasteiger charge is -1.98. The van der Waals surface area contributed by atoms with Gasteiger partial charge in [0.25, 0.3) is 0 Å². The first-order valence-electron chi connectivity index (χ1n) is 3.05. The summed E-state index contributed by atoms with van der Waals surface area (Å²) in [6.07, 6.45) is 2.58. The van der Waals surface area contributed by atoms with Crippen LogP contribution in [0.5, 0.6) is 0 Å². The first-order valence-corrected chi connectivity index (χ1v) is 3.05. The first kappa shape index (κ1) is 7.67. The van der Waals surface area contributed by atoms with Crippen LogP contribution >= 0.6 is 0 Å². The molecule has 0 aliphatic rings. The third kappa shape index (κ3) is 2.78. The van der Waals surface area contributed by atoms with Gasteiger partial charge in [-0.05, 0) is 6.42 Å². The number of Topliss-reactive ketones (excluding diaryl/α,β-unsaturated/α-hetero) is 1. The highest BCUT2D eigenvalue weighted by Crippen LogP contribution is 1.98. The van der Waals surface area contributed by atoms with Crippen molar-refractivity contribution in [2.75, 3.05) is 0 Å². The topological polar surface area (TPSA) is 17.1 Å². The van der Waals surface area contributed by atoms with E-state index in [2.05, 4.69) is 0 Å². The minimum Gasteiger partial charge on any atom is -0.299 e. The molecule has 0 unspecified atom stereocenters. The molecule has 8 heavy (non-hydrogen) atoms. The van der Waals surface area contributed by atoms with Gasteiger partial charge in [-0.25, -0.2) is 0 Å². The highest BCUT2D eigenvalue weighted by atomic mass is 16.1. The van der Waals surface area contributed by atoms with Crippen LogP contribution in [0.3, 0.4) is 0 Å². The molecule has 47 valence electrons. The van der Waals surface area contributed by atoms with E-state index in [0.29, 0.717) is 0 Å². The second-order valence-corrected chi connectivity index (χ2v) is 2.17. The van der Waals surface area contributed by atoms with Crippen molar-refractivity contribution in [2.45, 2.75) is 27.2 Å². The van der Waals surface area contributed by atoms with Crippen LogP contribution in [0.4, 0.5) is 0 Å². The molecule has 0 aromatic heterocycles. The second-order valence-electron chi connectivity index (χ2n) is 2.17. The van der Waals surface area contributed by atoms with Gasteiger partial charge < -0.3 is 0 Å². The van der Waals surface area contributed by atoms with Gasteiger partial charge in [0.15, 0.2) is 0 Å². The van der Waals surface area contributed by atoms with Crippen molar-refractivity contribution in [3.05, 3.63) is 6.42 Å². The molecule has 0 rings (SSSR count). The van der Waals surface area contributed by atoms with Crippen LogP contribution in [0.15, 0.2) is 0 Å². The maximum Gasteiger partial charge on any atom is 0.139 e. The molecule has 1 heteroatoms. The number of hydrogen-bond donors (Lipinski definition) is 0. The zero-order valence-electron chi connectivity index (χ0n) is 5.77. The van der Waals surface area contributed by atoms with Crippen molar-refractivity contribution < 1.29 is 4.79 Å². The Hall–Kier alpha value is -0.330. The standard InChI is InChI=1S/C7H13O/c1-4-5-7(8)6(2)3/h5-6H,4H2,1-3H3. The number of hydrogen-bond acceptors (Lipinski definition) is 1. The molecule has 0 fully saturated rings. The summed E-state index contributed by atoms with van der Waals surface area (Å²) in [7, 11) is 0. The van der Waals surface area contributed by atoms with Crippen LogP contribution < -0.4 is 0 Å². The Morgan fingerprint density at radius 3 is 2.25 bits per heavy atom. The Balaban J connectivity index is 3.33. The summed E-state index contributed by atoms with van der Waals surface area (Å²) in [4.78, 5) is 10.7. The predicted molar refractivity (Wildman–Crippen MR) is 34.4 cm³/mol. The molecule has 0 aliphatic heterocycles. The largest absolute Gasteiger partial charge is 0.299 e. The van der Waals surface area contributed by atoms with E-state index in [1.807, 2.05) is 20.8 Å². The molecule has 0 N–H and O–H groups in total. The van der Waals surface area contributed by atoms with Gasteiger partial charge in [-0.15, -0.1) is 0 Å². The molecule has 0 heterocycles. The summed E-state index contributed by atoms with van der Waals surface area (Å²) in [6, 6.07) is 0. The average molecular weight is 113 g/mol. The van der Waals surface area contributed by atoms with E-state index in [1.165, 1.54) is 0 Å².